The molecule has 0 aliphatic rings. The van der Waals surface area contributed by atoms with Gasteiger partial charge < -0.3 is 4.90 Å². The average molecular weight is 447 g/mol. The van der Waals surface area contributed by atoms with Crippen molar-refractivity contribution in [1.82, 2.24) is 4.90 Å². The van der Waals surface area contributed by atoms with Crippen LogP contribution in [0.1, 0.15) is 15.9 Å². The van der Waals surface area contributed by atoms with Crippen molar-refractivity contribution in [2.45, 2.75) is 11.4 Å². The van der Waals surface area contributed by atoms with Crippen LogP contribution in [0.2, 0.25) is 5.02 Å². The molecule has 0 bridgehead atoms. The molecule has 3 aromatic carbocycles. The van der Waals surface area contributed by atoms with Crippen molar-refractivity contribution < 1.29 is 17.6 Å². The summed E-state index contributed by atoms with van der Waals surface area (Å²) in [6.45, 7) is 0.277. The van der Waals surface area contributed by atoms with Gasteiger partial charge >= 0.3 is 0 Å². The van der Waals surface area contributed by atoms with Gasteiger partial charge in [0.1, 0.15) is 5.82 Å². The molecule has 0 atom stereocenters. The molecule has 0 aliphatic carbocycles. The molecule has 3 aromatic rings. The highest BCUT2D eigenvalue weighted by molar-refractivity contribution is 7.92. The number of nitrogens with zero attached hydrogens (tertiary/aromatic N) is 2. The van der Waals surface area contributed by atoms with Crippen molar-refractivity contribution >= 4 is 33.2 Å². The maximum Gasteiger partial charge on any atom is 0.264 e. The number of carbonyl (C=O) groups is 1. The fourth-order valence-electron chi connectivity index (χ4n) is 2.90. The molecule has 0 N–H and O–H groups in total. The molecular weight excluding hydrogens is 427 g/mol. The Hall–Kier alpha value is -2.90. The fraction of sp³-hybridized carbons (Fsp3) is 0.136. The van der Waals surface area contributed by atoms with Crippen molar-refractivity contribution in [2.75, 3.05) is 18.4 Å². The van der Waals surface area contributed by atoms with E-state index in [2.05, 4.69) is 0 Å². The highest BCUT2D eigenvalue weighted by Crippen LogP contribution is 2.28. The molecule has 0 aromatic heterocycles. The largest absolute Gasteiger partial charge is 0.337 e. The molecule has 0 saturated carbocycles. The molecule has 0 fully saturated rings. The lowest BCUT2D eigenvalue weighted by Gasteiger charge is -2.22. The minimum atomic E-state index is -3.75. The lowest BCUT2D eigenvalue weighted by atomic mass is 10.1. The van der Waals surface area contributed by atoms with E-state index in [9.17, 15) is 17.6 Å². The number of halogens is 2. The standard InChI is InChI=1S/C22H20ClFN2O3S/c1-25(15-16-8-10-17(24)11-9-16)22(27)20-13-12-18(14-21(20)23)26(2)30(28,29)19-6-4-3-5-7-19/h3-14H,15H2,1-2H3. The average Bonchev–Trinajstić information content (AvgIpc) is 2.74. The van der Waals surface area contributed by atoms with Gasteiger partial charge in [-0.2, -0.15) is 0 Å². The zero-order valence-electron chi connectivity index (χ0n) is 16.4. The van der Waals surface area contributed by atoms with E-state index < -0.39 is 10.0 Å². The smallest absolute Gasteiger partial charge is 0.264 e. The van der Waals surface area contributed by atoms with Crippen LogP contribution in [-0.2, 0) is 16.6 Å². The van der Waals surface area contributed by atoms with Crippen molar-refractivity contribution in [3.05, 3.63) is 94.8 Å². The van der Waals surface area contributed by atoms with Crippen LogP contribution in [0.3, 0.4) is 0 Å². The van der Waals surface area contributed by atoms with Crippen molar-refractivity contribution in [2.24, 2.45) is 0 Å². The third-order valence-electron chi connectivity index (χ3n) is 4.63. The second kappa shape index (κ2) is 8.85. The minimum absolute atomic E-state index is 0.138. The maximum atomic E-state index is 13.1. The first kappa shape index (κ1) is 21.8. The van der Waals surface area contributed by atoms with Gasteiger partial charge in [-0.1, -0.05) is 41.9 Å². The molecule has 30 heavy (non-hydrogen) atoms. The molecule has 0 unspecified atom stereocenters. The van der Waals surface area contributed by atoms with E-state index in [-0.39, 0.29) is 33.8 Å². The molecular formula is C22H20ClFN2O3S. The topological polar surface area (TPSA) is 57.7 Å². The van der Waals surface area contributed by atoms with Crippen LogP contribution >= 0.6 is 11.6 Å². The second-order valence-corrected chi connectivity index (χ2v) is 9.11. The number of amides is 1. The van der Waals surface area contributed by atoms with Gasteiger partial charge in [-0.15, -0.1) is 0 Å². The van der Waals surface area contributed by atoms with E-state index in [0.29, 0.717) is 5.69 Å². The number of carbonyl (C=O) groups excluding carboxylic acids is 1. The van der Waals surface area contributed by atoms with Crippen LogP contribution in [0.15, 0.2) is 77.7 Å². The summed E-state index contributed by atoms with van der Waals surface area (Å²) in [7, 11) is -0.714. The Morgan fingerprint density at radius 1 is 0.967 bits per heavy atom. The highest BCUT2D eigenvalue weighted by atomic mass is 35.5. The van der Waals surface area contributed by atoms with Crippen LogP contribution in [0.25, 0.3) is 0 Å². The Kier molecular flexibility index (Phi) is 6.43. The Balaban J connectivity index is 1.80. The first-order valence-corrected chi connectivity index (χ1v) is 10.9. The minimum Gasteiger partial charge on any atom is -0.337 e. The lowest BCUT2D eigenvalue weighted by molar-refractivity contribution is 0.0785. The summed E-state index contributed by atoms with van der Waals surface area (Å²) in [5.74, 6) is -0.676. The first-order valence-electron chi connectivity index (χ1n) is 9.03. The molecule has 156 valence electrons. The van der Waals surface area contributed by atoms with E-state index in [0.717, 1.165) is 9.87 Å². The fourth-order valence-corrected chi connectivity index (χ4v) is 4.37. The van der Waals surface area contributed by atoms with Crippen molar-refractivity contribution in [1.29, 1.82) is 0 Å². The van der Waals surface area contributed by atoms with Crippen LogP contribution in [0.4, 0.5) is 10.1 Å². The lowest BCUT2D eigenvalue weighted by Crippen LogP contribution is -2.28. The predicted molar refractivity (Wildman–Crippen MR) is 116 cm³/mol. The van der Waals surface area contributed by atoms with Crippen LogP contribution < -0.4 is 4.31 Å². The Morgan fingerprint density at radius 3 is 2.20 bits per heavy atom. The molecule has 5 nitrogen and oxygen atoms in total. The van der Waals surface area contributed by atoms with Gasteiger partial charge in [-0.25, -0.2) is 12.8 Å². The van der Waals surface area contributed by atoms with Gasteiger partial charge in [-0.3, -0.25) is 9.10 Å². The number of sulfonamides is 1. The molecule has 0 heterocycles. The summed E-state index contributed by atoms with van der Waals surface area (Å²) in [5, 5.41) is 0.138. The van der Waals surface area contributed by atoms with Crippen molar-refractivity contribution in [3.63, 3.8) is 0 Å². The third-order valence-corrected chi connectivity index (χ3v) is 6.74. The Morgan fingerprint density at radius 2 is 1.60 bits per heavy atom. The van der Waals surface area contributed by atoms with Crippen LogP contribution in [-0.4, -0.2) is 33.3 Å². The number of hydrogen-bond donors (Lipinski definition) is 0. The first-order chi connectivity index (χ1) is 14.2. The summed E-state index contributed by atoms with van der Waals surface area (Å²) < 4.78 is 39.7. The summed E-state index contributed by atoms with van der Waals surface area (Å²) in [6, 6.07) is 18.4. The quantitative estimate of drug-likeness (QED) is 0.557. The summed E-state index contributed by atoms with van der Waals surface area (Å²) in [6.07, 6.45) is 0. The summed E-state index contributed by atoms with van der Waals surface area (Å²) >= 11 is 6.31. The van der Waals surface area contributed by atoms with Gasteiger partial charge in [0, 0.05) is 20.6 Å². The molecule has 8 heteroatoms. The van der Waals surface area contributed by atoms with E-state index in [1.165, 1.54) is 54.4 Å². The zero-order valence-corrected chi connectivity index (χ0v) is 18.0. The molecule has 0 radical (unpaired) electrons. The van der Waals surface area contributed by atoms with E-state index >= 15 is 0 Å². The van der Waals surface area contributed by atoms with Gasteiger partial charge in [0.25, 0.3) is 15.9 Å². The van der Waals surface area contributed by atoms with Gasteiger partial charge in [-0.05, 0) is 48.0 Å². The van der Waals surface area contributed by atoms with Crippen LogP contribution in [0, 0.1) is 5.82 Å². The number of anilines is 1. The maximum absolute atomic E-state index is 13.1. The van der Waals surface area contributed by atoms with Gasteiger partial charge in [0.15, 0.2) is 0 Å². The predicted octanol–water partition coefficient (Wildman–Crippen LogP) is 4.58. The molecule has 0 spiro atoms. The number of rotatable bonds is 6. The summed E-state index contributed by atoms with van der Waals surface area (Å²) in [5.41, 5.74) is 1.35. The number of hydrogen-bond acceptors (Lipinski definition) is 3. The highest BCUT2D eigenvalue weighted by Gasteiger charge is 2.23. The molecule has 1 amide bonds. The SMILES string of the molecule is CN(Cc1ccc(F)cc1)C(=O)c1ccc(N(C)S(=O)(=O)c2ccccc2)cc1Cl. The van der Waals surface area contributed by atoms with E-state index in [4.69, 9.17) is 11.6 Å². The molecule has 3 rings (SSSR count). The number of benzene rings is 3. The normalized spacial score (nSPS) is 11.2. The van der Waals surface area contributed by atoms with Gasteiger partial charge in [0.05, 0.1) is 21.2 Å². The molecule has 0 saturated heterocycles. The molecule has 0 aliphatic heterocycles. The summed E-state index contributed by atoms with van der Waals surface area (Å²) in [4.78, 5) is 14.4. The van der Waals surface area contributed by atoms with Crippen LogP contribution in [0.5, 0.6) is 0 Å². The zero-order chi connectivity index (χ0) is 21.9. The van der Waals surface area contributed by atoms with E-state index in [1.807, 2.05) is 0 Å². The third kappa shape index (κ3) is 4.63. The second-order valence-electron chi connectivity index (χ2n) is 6.74. The Labute approximate surface area is 180 Å². The monoisotopic (exact) mass is 446 g/mol. The Bertz CT molecular complexity index is 1150. The van der Waals surface area contributed by atoms with E-state index in [1.54, 1.807) is 37.4 Å². The van der Waals surface area contributed by atoms with Gasteiger partial charge in [0.2, 0.25) is 0 Å². The van der Waals surface area contributed by atoms with Crippen molar-refractivity contribution in [3.8, 4) is 0 Å².